The van der Waals surface area contributed by atoms with E-state index >= 15 is 0 Å². The molecule has 1 aliphatic carbocycles. The number of hydrogen-bond acceptors (Lipinski definition) is 3. The van der Waals surface area contributed by atoms with E-state index in [9.17, 15) is 4.79 Å². The minimum absolute atomic E-state index is 0.679. The predicted molar refractivity (Wildman–Crippen MR) is 73.3 cm³/mol. The SMILES string of the molecule is O=C(O)N1CCN([C@@H](C2CC2)C2CCCNC2)CC1. The highest BCUT2D eigenvalue weighted by Gasteiger charge is 2.41. The van der Waals surface area contributed by atoms with Crippen LogP contribution in [0.25, 0.3) is 0 Å². The minimum Gasteiger partial charge on any atom is -0.465 e. The van der Waals surface area contributed by atoms with Crippen LogP contribution >= 0.6 is 0 Å². The van der Waals surface area contributed by atoms with Crippen molar-refractivity contribution < 1.29 is 9.90 Å². The molecular formula is C14H25N3O2. The van der Waals surface area contributed by atoms with E-state index in [1.807, 2.05) is 0 Å². The Balaban J connectivity index is 1.60. The van der Waals surface area contributed by atoms with Crippen LogP contribution in [0.1, 0.15) is 25.7 Å². The molecule has 1 unspecified atom stereocenters. The molecular weight excluding hydrogens is 242 g/mol. The molecule has 2 atom stereocenters. The van der Waals surface area contributed by atoms with Gasteiger partial charge in [-0.3, -0.25) is 4.90 Å². The lowest BCUT2D eigenvalue weighted by molar-refractivity contribution is 0.0505. The Labute approximate surface area is 114 Å². The lowest BCUT2D eigenvalue weighted by Gasteiger charge is -2.43. The number of carboxylic acid groups (broad SMARTS) is 1. The molecule has 0 aromatic rings. The smallest absolute Gasteiger partial charge is 0.407 e. The van der Waals surface area contributed by atoms with Gasteiger partial charge in [0.2, 0.25) is 0 Å². The molecule has 2 saturated heterocycles. The summed E-state index contributed by atoms with van der Waals surface area (Å²) in [5, 5.41) is 12.6. The second-order valence-corrected chi connectivity index (χ2v) is 6.24. The fourth-order valence-electron chi connectivity index (χ4n) is 3.80. The number of rotatable bonds is 3. The van der Waals surface area contributed by atoms with Crippen molar-refractivity contribution in [3.63, 3.8) is 0 Å². The standard InChI is InChI=1S/C14H25N3O2/c18-14(19)17-8-6-16(7-9-17)13(11-3-4-11)12-2-1-5-15-10-12/h11-13,15H,1-10H2,(H,18,19)/t12?,13-/m0/s1. The quantitative estimate of drug-likeness (QED) is 0.803. The molecule has 1 amide bonds. The van der Waals surface area contributed by atoms with Crippen LogP contribution in [0.15, 0.2) is 0 Å². The molecule has 19 heavy (non-hydrogen) atoms. The molecule has 0 spiro atoms. The average Bonchev–Trinajstić information content (AvgIpc) is 3.25. The van der Waals surface area contributed by atoms with E-state index in [-0.39, 0.29) is 0 Å². The van der Waals surface area contributed by atoms with Crippen LogP contribution in [0.4, 0.5) is 4.79 Å². The summed E-state index contributed by atoms with van der Waals surface area (Å²) in [7, 11) is 0. The first-order valence-corrected chi connectivity index (χ1v) is 7.68. The summed E-state index contributed by atoms with van der Waals surface area (Å²) >= 11 is 0. The molecule has 2 aliphatic heterocycles. The maximum absolute atomic E-state index is 11.0. The van der Waals surface area contributed by atoms with E-state index in [2.05, 4.69) is 10.2 Å². The summed E-state index contributed by atoms with van der Waals surface area (Å²) in [6.45, 7) is 5.52. The van der Waals surface area contributed by atoms with Crippen molar-refractivity contribution in [1.82, 2.24) is 15.1 Å². The van der Waals surface area contributed by atoms with Crippen LogP contribution in [0, 0.1) is 11.8 Å². The molecule has 3 fully saturated rings. The van der Waals surface area contributed by atoms with Gasteiger partial charge in [-0.15, -0.1) is 0 Å². The molecule has 1 saturated carbocycles. The zero-order valence-corrected chi connectivity index (χ0v) is 11.6. The second-order valence-electron chi connectivity index (χ2n) is 6.24. The number of nitrogens with zero attached hydrogens (tertiary/aromatic N) is 2. The zero-order valence-electron chi connectivity index (χ0n) is 11.6. The lowest BCUT2D eigenvalue weighted by atomic mass is 9.87. The van der Waals surface area contributed by atoms with E-state index in [1.165, 1.54) is 32.2 Å². The van der Waals surface area contributed by atoms with E-state index in [4.69, 9.17) is 5.11 Å². The monoisotopic (exact) mass is 267 g/mol. The minimum atomic E-state index is -0.762. The highest BCUT2D eigenvalue weighted by molar-refractivity contribution is 5.65. The van der Waals surface area contributed by atoms with Crippen LogP contribution in [-0.4, -0.2) is 66.3 Å². The third kappa shape index (κ3) is 3.03. The Kier molecular flexibility index (Phi) is 3.93. The molecule has 0 aromatic carbocycles. The molecule has 108 valence electrons. The van der Waals surface area contributed by atoms with Gasteiger partial charge in [-0.2, -0.15) is 0 Å². The van der Waals surface area contributed by atoms with E-state index < -0.39 is 6.09 Å². The summed E-state index contributed by atoms with van der Waals surface area (Å²) in [6.07, 6.45) is 4.62. The zero-order chi connectivity index (χ0) is 13.2. The van der Waals surface area contributed by atoms with E-state index in [0.29, 0.717) is 19.1 Å². The third-order valence-corrected chi connectivity index (χ3v) is 4.93. The van der Waals surface area contributed by atoms with Gasteiger partial charge < -0.3 is 15.3 Å². The van der Waals surface area contributed by atoms with Crippen LogP contribution < -0.4 is 5.32 Å². The van der Waals surface area contributed by atoms with Crippen molar-refractivity contribution in [3.8, 4) is 0 Å². The number of piperidine rings is 1. The van der Waals surface area contributed by atoms with Crippen molar-refractivity contribution in [2.75, 3.05) is 39.3 Å². The van der Waals surface area contributed by atoms with Gasteiger partial charge in [-0.1, -0.05) is 0 Å². The lowest BCUT2D eigenvalue weighted by Crippen LogP contribution is -2.55. The first-order chi connectivity index (χ1) is 9.25. The van der Waals surface area contributed by atoms with Crippen molar-refractivity contribution in [1.29, 1.82) is 0 Å². The third-order valence-electron chi connectivity index (χ3n) is 4.93. The first kappa shape index (κ1) is 13.2. The van der Waals surface area contributed by atoms with E-state index in [0.717, 1.165) is 31.5 Å². The normalized spacial score (nSPS) is 31.2. The fraction of sp³-hybridized carbons (Fsp3) is 0.929. The van der Waals surface area contributed by atoms with E-state index in [1.54, 1.807) is 4.90 Å². The van der Waals surface area contributed by atoms with Crippen LogP contribution in [0.3, 0.4) is 0 Å². The van der Waals surface area contributed by atoms with Gasteiger partial charge in [-0.25, -0.2) is 4.79 Å². The Bertz CT molecular complexity index is 319. The highest BCUT2D eigenvalue weighted by atomic mass is 16.4. The van der Waals surface area contributed by atoms with Gasteiger partial charge in [0.05, 0.1) is 0 Å². The van der Waals surface area contributed by atoms with Gasteiger partial charge >= 0.3 is 6.09 Å². The summed E-state index contributed by atoms with van der Waals surface area (Å²) < 4.78 is 0. The maximum atomic E-state index is 11.0. The Hall–Kier alpha value is -0.810. The van der Waals surface area contributed by atoms with Gasteiger partial charge in [0.25, 0.3) is 0 Å². The molecule has 5 heteroatoms. The average molecular weight is 267 g/mol. The number of carbonyl (C=O) groups is 1. The molecule has 0 bridgehead atoms. The van der Waals surface area contributed by atoms with Crippen molar-refractivity contribution in [2.45, 2.75) is 31.7 Å². The molecule has 3 rings (SSSR count). The summed E-state index contributed by atoms with van der Waals surface area (Å²) in [5.74, 6) is 1.65. The van der Waals surface area contributed by atoms with Crippen LogP contribution in [0.2, 0.25) is 0 Å². The van der Waals surface area contributed by atoms with Gasteiger partial charge in [-0.05, 0) is 50.6 Å². The first-order valence-electron chi connectivity index (χ1n) is 7.68. The summed E-state index contributed by atoms with van der Waals surface area (Å²) in [4.78, 5) is 15.1. The number of amides is 1. The molecule has 2 N–H and O–H groups in total. The van der Waals surface area contributed by atoms with Gasteiger partial charge in [0.15, 0.2) is 0 Å². The van der Waals surface area contributed by atoms with Crippen LogP contribution in [0.5, 0.6) is 0 Å². The summed E-state index contributed by atoms with van der Waals surface area (Å²) in [6, 6.07) is 0.698. The number of piperazine rings is 1. The van der Waals surface area contributed by atoms with Crippen LogP contribution in [-0.2, 0) is 0 Å². The van der Waals surface area contributed by atoms with Crippen molar-refractivity contribution in [3.05, 3.63) is 0 Å². The molecule has 3 aliphatic rings. The maximum Gasteiger partial charge on any atom is 0.407 e. The topological polar surface area (TPSA) is 55.8 Å². The molecule has 0 radical (unpaired) electrons. The summed E-state index contributed by atoms with van der Waals surface area (Å²) in [5.41, 5.74) is 0. The largest absolute Gasteiger partial charge is 0.465 e. The molecule has 2 heterocycles. The Morgan fingerprint density at radius 2 is 1.84 bits per heavy atom. The Morgan fingerprint density at radius 1 is 1.11 bits per heavy atom. The van der Waals surface area contributed by atoms with Crippen molar-refractivity contribution >= 4 is 6.09 Å². The number of nitrogens with one attached hydrogen (secondary N) is 1. The highest BCUT2D eigenvalue weighted by Crippen LogP contribution is 2.40. The predicted octanol–water partition coefficient (Wildman–Crippen LogP) is 1.06. The van der Waals surface area contributed by atoms with Gasteiger partial charge in [0, 0.05) is 32.2 Å². The Morgan fingerprint density at radius 3 is 2.37 bits per heavy atom. The van der Waals surface area contributed by atoms with Gasteiger partial charge in [0.1, 0.15) is 0 Å². The number of hydrogen-bond donors (Lipinski definition) is 2. The molecule has 0 aromatic heterocycles. The van der Waals surface area contributed by atoms with Crippen molar-refractivity contribution in [2.24, 2.45) is 11.8 Å². The second kappa shape index (κ2) is 5.67. The molecule has 5 nitrogen and oxygen atoms in total. The fourth-order valence-corrected chi connectivity index (χ4v) is 3.80.